The number of rotatable bonds is 6. The van der Waals surface area contributed by atoms with Gasteiger partial charge in [0.25, 0.3) is 5.91 Å². The van der Waals surface area contributed by atoms with Gasteiger partial charge in [-0.25, -0.2) is 0 Å². The van der Waals surface area contributed by atoms with E-state index in [-0.39, 0.29) is 11.8 Å². The number of likely N-dealkylation sites (tertiary alicyclic amines) is 1. The van der Waals surface area contributed by atoms with Crippen LogP contribution in [0.15, 0.2) is 18.5 Å². The Morgan fingerprint density at radius 2 is 1.84 bits per heavy atom. The molecule has 166 valence electrons. The molecule has 3 aliphatic rings. The lowest BCUT2D eigenvalue weighted by Gasteiger charge is -2.43. The predicted molar refractivity (Wildman–Crippen MR) is 115 cm³/mol. The number of nitrogens with one attached hydrogen (secondary N) is 2. The summed E-state index contributed by atoms with van der Waals surface area (Å²) >= 11 is 0. The van der Waals surface area contributed by atoms with Crippen LogP contribution in [0, 0.1) is 0 Å². The van der Waals surface area contributed by atoms with E-state index in [9.17, 15) is 9.59 Å². The highest BCUT2D eigenvalue weighted by molar-refractivity contribution is 5.95. The number of amides is 2. The van der Waals surface area contributed by atoms with Crippen molar-refractivity contribution in [2.45, 2.75) is 50.5 Å². The van der Waals surface area contributed by atoms with Gasteiger partial charge in [-0.05, 0) is 38.2 Å². The van der Waals surface area contributed by atoms with Crippen LogP contribution in [0.5, 0.6) is 0 Å². The molecular formula is C22H31N7O2. The maximum absolute atomic E-state index is 13.0. The first-order valence-electron chi connectivity index (χ1n) is 11.5. The van der Waals surface area contributed by atoms with E-state index in [1.165, 1.54) is 0 Å². The van der Waals surface area contributed by atoms with Gasteiger partial charge in [-0.15, -0.1) is 0 Å². The third-order valence-corrected chi connectivity index (χ3v) is 6.92. The first-order valence-corrected chi connectivity index (χ1v) is 11.5. The molecule has 3 fully saturated rings. The van der Waals surface area contributed by atoms with Gasteiger partial charge in [-0.1, -0.05) is 0 Å². The van der Waals surface area contributed by atoms with Crippen LogP contribution in [0.3, 0.4) is 0 Å². The quantitative estimate of drug-likeness (QED) is 0.728. The second-order valence-corrected chi connectivity index (χ2v) is 9.02. The van der Waals surface area contributed by atoms with Crippen LogP contribution in [-0.2, 0) is 11.2 Å². The molecule has 2 amide bonds. The van der Waals surface area contributed by atoms with Gasteiger partial charge in [0.2, 0.25) is 5.91 Å². The molecule has 2 aromatic heterocycles. The van der Waals surface area contributed by atoms with Crippen molar-refractivity contribution in [2.24, 2.45) is 0 Å². The molecule has 0 aromatic carbocycles. The zero-order chi connectivity index (χ0) is 21.2. The summed E-state index contributed by atoms with van der Waals surface area (Å²) in [4.78, 5) is 32.1. The van der Waals surface area contributed by atoms with E-state index in [0.29, 0.717) is 24.8 Å². The molecule has 1 unspecified atom stereocenters. The zero-order valence-electron chi connectivity index (χ0n) is 17.9. The number of piperazine rings is 1. The van der Waals surface area contributed by atoms with Crippen LogP contribution >= 0.6 is 0 Å². The molecule has 4 heterocycles. The van der Waals surface area contributed by atoms with Crippen molar-refractivity contribution in [3.8, 4) is 0 Å². The Labute approximate surface area is 182 Å². The van der Waals surface area contributed by atoms with Crippen LogP contribution < -0.4 is 0 Å². The number of aryl methyl sites for hydroxylation is 1. The number of hydrogen-bond donors (Lipinski definition) is 2. The van der Waals surface area contributed by atoms with Crippen LogP contribution in [0.25, 0.3) is 0 Å². The normalized spacial score (nSPS) is 22.6. The highest BCUT2D eigenvalue weighted by Gasteiger charge is 2.34. The number of carbonyl (C=O) groups excluding carboxylic acids is 2. The minimum atomic E-state index is 0.106. The van der Waals surface area contributed by atoms with E-state index >= 15 is 0 Å². The van der Waals surface area contributed by atoms with Gasteiger partial charge >= 0.3 is 0 Å². The highest BCUT2D eigenvalue weighted by Crippen LogP contribution is 2.40. The number of hydrogen-bond acceptors (Lipinski definition) is 5. The average molecular weight is 426 g/mol. The molecule has 9 nitrogen and oxygen atoms in total. The molecule has 1 saturated carbocycles. The lowest BCUT2D eigenvalue weighted by atomic mass is 10.0. The van der Waals surface area contributed by atoms with Crippen molar-refractivity contribution >= 4 is 11.8 Å². The van der Waals surface area contributed by atoms with Crippen LogP contribution in [0.4, 0.5) is 0 Å². The molecule has 2 aliphatic heterocycles. The number of H-pyrrole nitrogens is 2. The monoisotopic (exact) mass is 425 g/mol. The minimum absolute atomic E-state index is 0.106. The summed E-state index contributed by atoms with van der Waals surface area (Å²) in [6, 6.07) is 2.31. The molecular weight excluding hydrogens is 394 g/mol. The zero-order valence-corrected chi connectivity index (χ0v) is 17.9. The Morgan fingerprint density at radius 3 is 2.58 bits per heavy atom. The summed E-state index contributed by atoms with van der Waals surface area (Å²) in [6.45, 7) is 4.84. The first-order chi connectivity index (χ1) is 15.2. The standard InChI is InChI=1S/C22H31N7O2/c30-20(6-5-17-7-8-23-25-17)29-9-1-2-18(15-29)27-10-12-28(13-11-27)22(31)19-14-24-26-21(19)16-3-4-16/h7-8,14,16,18H,1-6,9-13,15H2,(H,23,25)(H,24,26). The van der Waals surface area contributed by atoms with Gasteiger partial charge < -0.3 is 9.80 Å². The summed E-state index contributed by atoms with van der Waals surface area (Å²) in [5, 5.41) is 14.0. The molecule has 0 radical (unpaired) electrons. The number of piperidine rings is 1. The molecule has 0 bridgehead atoms. The largest absolute Gasteiger partial charge is 0.341 e. The molecule has 0 spiro atoms. The Balaban J connectivity index is 1.12. The smallest absolute Gasteiger partial charge is 0.257 e. The fourth-order valence-electron chi connectivity index (χ4n) is 4.91. The highest BCUT2D eigenvalue weighted by atomic mass is 16.2. The molecule has 2 N–H and O–H groups in total. The van der Waals surface area contributed by atoms with Crippen LogP contribution in [-0.4, -0.2) is 92.2 Å². The second-order valence-electron chi connectivity index (χ2n) is 9.02. The fourth-order valence-corrected chi connectivity index (χ4v) is 4.91. The lowest BCUT2D eigenvalue weighted by Crippen LogP contribution is -2.56. The van der Waals surface area contributed by atoms with Crippen molar-refractivity contribution in [3.05, 3.63) is 35.4 Å². The Morgan fingerprint density at radius 1 is 1.00 bits per heavy atom. The van der Waals surface area contributed by atoms with Gasteiger partial charge in [0, 0.05) is 69.5 Å². The topological polar surface area (TPSA) is 101 Å². The maximum Gasteiger partial charge on any atom is 0.257 e. The molecule has 9 heteroatoms. The summed E-state index contributed by atoms with van der Waals surface area (Å²) in [5.41, 5.74) is 2.77. The molecule has 2 aromatic rings. The number of aromatic amines is 2. The van der Waals surface area contributed by atoms with Crippen LogP contribution in [0.2, 0.25) is 0 Å². The van der Waals surface area contributed by atoms with Gasteiger partial charge in [-0.3, -0.25) is 24.7 Å². The van der Waals surface area contributed by atoms with E-state index in [0.717, 1.165) is 81.9 Å². The average Bonchev–Trinajstić information content (AvgIpc) is 3.31. The molecule has 5 rings (SSSR count). The summed E-state index contributed by atoms with van der Waals surface area (Å²) < 4.78 is 0. The summed E-state index contributed by atoms with van der Waals surface area (Å²) in [7, 11) is 0. The minimum Gasteiger partial charge on any atom is -0.341 e. The maximum atomic E-state index is 13.0. The van der Waals surface area contributed by atoms with Gasteiger partial charge in [0.05, 0.1) is 17.5 Å². The fraction of sp³-hybridized carbons (Fsp3) is 0.636. The van der Waals surface area contributed by atoms with Crippen molar-refractivity contribution in [1.82, 2.24) is 35.1 Å². The number of carbonyl (C=O) groups is 2. The molecule has 1 atom stereocenters. The molecule has 1 aliphatic carbocycles. The van der Waals surface area contributed by atoms with E-state index < -0.39 is 0 Å². The second kappa shape index (κ2) is 8.82. The third kappa shape index (κ3) is 4.51. The van der Waals surface area contributed by atoms with Crippen molar-refractivity contribution < 1.29 is 9.59 Å². The van der Waals surface area contributed by atoms with E-state index in [1.54, 1.807) is 12.4 Å². The third-order valence-electron chi connectivity index (χ3n) is 6.92. The van der Waals surface area contributed by atoms with E-state index in [1.807, 2.05) is 15.9 Å². The number of aromatic nitrogens is 4. The first kappa shape index (κ1) is 20.2. The van der Waals surface area contributed by atoms with Crippen molar-refractivity contribution in [2.75, 3.05) is 39.3 Å². The Hall–Kier alpha value is -2.68. The van der Waals surface area contributed by atoms with Crippen molar-refractivity contribution in [1.29, 1.82) is 0 Å². The Bertz CT molecular complexity index is 897. The number of nitrogens with zero attached hydrogens (tertiary/aromatic N) is 5. The summed E-state index contributed by atoms with van der Waals surface area (Å²) in [6.07, 6.45) is 9.09. The molecule has 31 heavy (non-hydrogen) atoms. The van der Waals surface area contributed by atoms with Gasteiger partial charge in [-0.2, -0.15) is 10.2 Å². The Kier molecular flexibility index (Phi) is 5.76. The van der Waals surface area contributed by atoms with Crippen molar-refractivity contribution in [3.63, 3.8) is 0 Å². The van der Waals surface area contributed by atoms with Gasteiger partial charge in [0.1, 0.15) is 0 Å². The van der Waals surface area contributed by atoms with Gasteiger partial charge in [0.15, 0.2) is 0 Å². The van der Waals surface area contributed by atoms with E-state index in [2.05, 4.69) is 25.3 Å². The predicted octanol–water partition coefficient (Wildman–Crippen LogP) is 1.39. The SMILES string of the molecule is O=C(CCc1ccn[nH]1)N1CCCC(N2CCN(C(=O)c3cn[nH]c3C3CC3)CC2)C1. The summed E-state index contributed by atoms with van der Waals surface area (Å²) in [5.74, 6) is 0.817. The van der Waals surface area contributed by atoms with E-state index in [4.69, 9.17) is 0 Å². The lowest BCUT2D eigenvalue weighted by molar-refractivity contribution is -0.133. The van der Waals surface area contributed by atoms with Crippen LogP contribution in [0.1, 0.15) is 59.8 Å². The molecule has 2 saturated heterocycles.